The lowest BCUT2D eigenvalue weighted by atomic mass is 10.1. The van der Waals surface area contributed by atoms with Crippen molar-refractivity contribution in [2.75, 3.05) is 50.6 Å². The van der Waals surface area contributed by atoms with E-state index in [-0.39, 0.29) is 18.4 Å². The van der Waals surface area contributed by atoms with Crippen LogP contribution in [0, 0.1) is 0 Å². The van der Waals surface area contributed by atoms with Gasteiger partial charge < -0.3 is 25.0 Å². The monoisotopic (exact) mass is 399 g/mol. The standard InChI is InChI=1S/C22H29N3O4/c1-4-25(5-2)22(27)17-9-11-18(12-10-17)24-21(26)16-23-19-7-6-8-20(15-19)29-14-13-28-3/h6-12,15,23H,4-5,13-14,16H2,1-3H3,(H,24,26). The van der Waals surface area contributed by atoms with E-state index in [0.717, 1.165) is 5.69 Å². The van der Waals surface area contributed by atoms with Gasteiger partial charge in [-0.3, -0.25) is 9.59 Å². The average molecular weight is 399 g/mol. The molecule has 0 aliphatic heterocycles. The molecule has 0 saturated heterocycles. The van der Waals surface area contributed by atoms with E-state index in [1.807, 2.05) is 38.1 Å². The van der Waals surface area contributed by atoms with Crippen molar-refractivity contribution < 1.29 is 19.1 Å². The Hall–Kier alpha value is -3.06. The van der Waals surface area contributed by atoms with Gasteiger partial charge in [0.1, 0.15) is 12.4 Å². The van der Waals surface area contributed by atoms with Gasteiger partial charge >= 0.3 is 0 Å². The maximum absolute atomic E-state index is 12.3. The first-order valence-corrected chi connectivity index (χ1v) is 9.72. The number of carbonyl (C=O) groups is 2. The molecule has 2 aromatic rings. The number of nitrogens with one attached hydrogen (secondary N) is 2. The zero-order valence-corrected chi connectivity index (χ0v) is 17.2. The van der Waals surface area contributed by atoms with Crippen LogP contribution in [0.5, 0.6) is 5.75 Å². The van der Waals surface area contributed by atoms with Crippen LogP contribution in [-0.2, 0) is 9.53 Å². The van der Waals surface area contributed by atoms with Crippen molar-refractivity contribution in [2.24, 2.45) is 0 Å². The van der Waals surface area contributed by atoms with Gasteiger partial charge in [-0.05, 0) is 50.2 Å². The van der Waals surface area contributed by atoms with Crippen LogP contribution in [0.1, 0.15) is 24.2 Å². The number of amides is 2. The highest BCUT2D eigenvalue weighted by Crippen LogP contribution is 2.17. The van der Waals surface area contributed by atoms with Gasteiger partial charge in [-0.2, -0.15) is 0 Å². The van der Waals surface area contributed by atoms with Crippen LogP contribution in [0.3, 0.4) is 0 Å². The van der Waals surface area contributed by atoms with E-state index in [2.05, 4.69) is 10.6 Å². The molecule has 2 amide bonds. The van der Waals surface area contributed by atoms with Crippen molar-refractivity contribution in [1.29, 1.82) is 0 Å². The molecule has 2 rings (SSSR count). The van der Waals surface area contributed by atoms with Gasteiger partial charge in [0, 0.05) is 43.2 Å². The topological polar surface area (TPSA) is 79.9 Å². The van der Waals surface area contributed by atoms with E-state index in [1.54, 1.807) is 36.3 Å². The van der Waals surface area contributed by atoms with Crippen molar-refractivity contribution in [3.63, 3.8) is 0 Å². The first-order chi connectivity index (χ1) is 14.1. The molecule has 7 nitrogen and oxygen atoms in total. The van der Waals surface area contributed by atoms with Crippen molar-refractivity contribution in [3.05, 3.63) is 54.1 Å². The fourth-order valence-electron chi connectivity index (χ4n) is 2.72. The van der Waals surface area contributed by atoms with Gasteiger partial charge in [-0.15, -0.1) is 0 Å². The molecule has 0 aromatic heterocycles. The number of ether oxygens (including phenoxy) is 2. The van der Waals surface area contributed by atoms with E-state index in [4.69, 9.17) is 9.47 Å². The molecule has 0 radical (unpaired) electrons. The quantitative estimate of drug-likeness (QED) is 0.567. The number of methoxy groups -OCH3 is 1. The lowest BCUT2D eigenvalue weighted by molar-refractivity contribution is -0.114. The largest absolute Gasteiger partial charge is 0.491 e. The van der Waals surface area contributed by atoms with Gasteiger partial charge in [0.05, 0.1) is 13.2 Å². The number of anilines is 2. The number of nitrogens with zero attached hydrogens (tertiary/aromatic N) is 1. The lowest BCUT2D eigenvalue weighted by Crippen LogP contribution is -2.30. The second-order valence-corrected chi connectivity index (χ2v) is 6.33. The maximum atomic E-state index is 12.3. The van der Waals surface area contributed by atoms with Gasteiger partial charge in [0.2, 0.25) is 5.91 Å². The van der Waals surface area contributed by atoms with Crippen LogP contribution < -0.4 is 15.4 Å². The van der Waals surface area contributed by atoms with Gasteiger partial charge in [-0.25, -0.2) is 0 Å². The molecule has 2 aromatic carbocycles. The third-order valence-corrected chi connectivity index (χ3v) is 4.31. The van der Waals surface area contributed by atoms with Crippen molar-refractivity contribution in [1.82, 2.24) is 4.90 Å². The van der Waals surface area contributed by atoms with E-state index < -0.39 is 0 Å². The number of hydrogen-bond acceptors (Lipinski definition) is 5. The molecule has 0 heterocycles. The summed E-state index contributed by atoms with van der Waals surface area (Å²) in [5.41, 5.74) is 2.04. The summed E-state index contributed by atoms with van der Waals surface area (Å²) in [5, 5.41) is 5.89. The zero-order chi connectivity index (χ0) is 21.1. The molecule has 0 atom stereocenters. The van der Waals surface area contributed by atoms with Crippen LogP contribution in [0.25, 0.3) is 0 Å². The second kappa shape index (κ2) is 11.7. The minimum Gasteiger partial charge on any atom is -0.491 e. The van der Waals surface area contributed by atoms with E-state index in [1.165, 1.54) is 0 Å². The van der Waals surface area contributed by atoms with Crippen LogP contribution in [0.4, 0.5) is 11.4 Å². The first-order valence-electron chi connectivity index (χ1n) is 9.72. The minimum atomic E-state index is -0.182. The summed E-state index contributed by atoms with van der Waals surface area (Å²) in [6, 6.07) is 14.3. The molecule has 156 valence electrons. The molecule has 0 fully saturated rings. The van der Waals surface area contributed by atoms with Crippen molar-refractivity contribution in [3.8, 4) is 5.75 Å². The predicted octanol–water partition coefficient (Wildman–Crippen LogP) is 3.24. The minimum absolute atomic E-state index is 0.0119. The molecule has 0 unspecified atom stereocenters. The van der Waals surface area contributed by atoms with E-state index in [9.17, 15) is 9.59 Å². The van der Waals surface area contributed by atoms with Gasteiger partial charge in [0.25, 0.3) is 5.91 Å². The van der Waals surface area contributed by atoms with Crippen LogP contribution in [0.15, 0.2) is 48.5 Å². The zero-order valence-electron chi connectivity index (χ0n) is 17.2. The second-order valence-electron chi connectivity index (χ2n) is 6.33. The van der Waals surface area contributed by atoms with Gasteiger partial charge in [-0.1, -0.05) is 6.07 Å². The molecule has 0 saturated carbocycles. The van der Waals surface area contributed by atoms with Crippen LogP contribution >= 0.6 is 0 Å². The fraction of sp³-hybridized carbons (Fsp3) is 0.364. The molecule has 2 N–H and O–H groups in total. The predicted molar refractivity (Wildman–Crippen MR) is 115 cm³/mol. The Bertz CT molecular complexity index is 789. The molecule has 29 heavy (non-hydrogen) atoms. The van der Waals surface area contributed by atoms with Crippen molar-refractivity contribution in [2.45, 2.75) is 13.8 Å². The lowest BCUT2D eigenvalue weighted by Gasteiger charge is -2.18. The summed E-state index contributed by atoms with van der Waals surface area (Å²) >= 11 is 0. The number of benzene rings is 2. The Morgan fingerprint density at radius 2 is 1.69 bits per heavy atom. The highest BCUT2D eigenvalue weighted by atomic mass is 16.5. The van der Waals surface area contributed by atoms with E-state index >= 15 is 0 Å². The highest BCUT2D eigenvalue weighted by Gasteiger charge is 2.12. The number of rotatable bonds is 11. The number of carbonyl (C=O) groups excluding carboxylic acids is 2. The summed E-state index contributed by atoms with van der Waals surface area (Å²) in [6.45, 7) is 6.32. The van der Waals surface area contributed by atoms with Crippen LogP contribution in [0.2, 0.25) is 0 Å². The Labute approximate surface area is 172 Å². The normalized spacial score (nSPS) is 10.3. The Balaban J connectivity index is 1.85. The van der Waals surface area contributed by atoms with Gasteiger partial charge in [0.15, 0.2) is 0 Å². The smallest absolute Gasteiger partial charge is 0.253 e. The molecule has 0 bridgehead atoms. The molecule has 7 heteroatoms. The average Bonchev–Trinajstić information content (AvgIpc) is 2.74. The summed E-state index contributed by atoms with van der Waals surface area (Å²) in [5.74, 6) is 0.515. The highest BCUT2D eigenvalue weighted by molar-refractivity contribution is 5.96. The summed E-state index contributed by atoms with van der Waals surface area (Å²) in [7, 11) is 1.62. The third kappa shape index (κ3) is 7.12. The van der Waals surface area contributed by atoms with Crippen molar-refractivity contribution >= 4 is 23.2 Å². The number of hydrogen-bond donors (Lipinski definition) is 2. The summed E-state index contributed by atoms with van der Waals surface area (Å²) < 4.78 is 10.5. The molecular weight excluding hydrogens is 370 g/mol. The van der Waals surface area contributed by atoms with E-state index in [0.29, 0.717) is 43.3 Å². The Morgan fingerprint density at radius 1 is 0.966 bits per heavy atom. The van der Waals surface area contributed by atoms with Crippen LogP contribution in [-0.4, -0.2) is 56.7 Å². The Kier molecular flexibility index (Phi) is 8.98. The summed E-state index contributed by atoms with van der Waals surface area (Å²) in [4.78, 5) is 26.3. The Morgan fingerprint density at radius 3 is 2.34 bits per heavy atom. The summed E-state index contributed by atoms with van der Waals surface area (Å²) in [6.07, 6.45) is 0. The first kappa shape index (κ1) is 22.2. The SMILES string of the molecule is CCN(CC)C(=O)c1ccc(NC(=O)CNc2cccc(OCCOC)c2)cc1. The molecule has 0 aliphatic carbocycles. The molecule has 0 aliphatic rings. The molecule has 0 spiro atoms. The maximum Gasteiger partial charge on any atom is 0.253 e. The molecular formula is C22H29N3O4. The third-order valence-electron chi connectivity index (χ3n) is 4.31. The fourth-order valence-corrected chi connectivity index (χ4v) is 2.72.